The van der Waals surface area contributed by atoms with Crippen molar-refractivity contribution in [3.05, 3.63) is 4.91 Å². The lowest BCUT2D eigenvalue weighted by Gasteiger charge is -1.98. The van der Waals surface area contributed by atoms with Gasteiger partial charge in [0, 0.05) is 12.8 Å². The lowest BCUT2D eigenvalue weighted by Crippen LogP contribution is -1.94. The molecule has 0 aromatic heterocycles. The van der Waals surface area contributed by atoms with Gasteiger partial charge in [0.1, 0.15) is 0 Å². The zero-order valence-electron chi connectivity index (χ0n) is 9.67. The summed E-state index contributed by atoms with van der Waals surface area (Å²) in [6.07, 6.45) is 5.82. The minimum Gasteiger partial charge on any atom is -0.481 e. The van der Waals surface area contributed by atoms with Crippen molar-refractivity contribution in [3.8, 4) is 0 Å². The first-order valence-electron chi connectivity index (χ1n) is 5.45. The second-order valence-electron chi connectivity index (χ2n) is 3.49. The van der Waals surface area contributed by atoms with Gasteiger partial charge in [-0.05, 0) is 12.8 Å². The molecule has 0 spiro atoms. The maximum atomic E-state index is 10.1. The Hall–Kier alpha value is -1.66. The van der Waals surface area contributed by atoms with Crippen LogP contribution in [0.4, 0.5) is 0 Å². The monoisotopic (exact) mass is 249 g/mol. The summed E-state index contributed by atoms with van der Waals surface area (Å²) in [5.74, 6) is -1.48. The summed E-state index contributed by atoms with van der Waals surface area (Å²) in [6, 6.07) is 0. The summed E-state index contributed by atoms with van der Waals surface area (Å²) < 4.78 is 0. The first-order chi connectivity index (χ1) is 8.04. The SMILES string of the molecule is O=C(O)CCCCCCCCC(=O)O.O=NO. The number of carboxylic acid groups (broad SMARTS) is 2. The van der Waals surface area contributed by atoms with Crippen LogP contribution in [0.5, 0.6) is 0 Å². The van der Waals surface area contributed by atoms with E-state index in [-0.39, 0.29) is 12.8 Å². The number of carboxylic acids is 2. The predicted octanol–water partition coefficient (Wildman–Crippen LogP) is 2.42. The van der Waals surface area contributed by atoms with Crippen LogP contribution in [0.2, 0.25) is 0 Å². The van der Waals surface area contributed by atoms with Gasteiger partial charge in [0.15, 0.2) is 5.34 Å². The minimum atomic E-state index is -0.740. The molecule has 0 aliphatic heterocycles. The van der Waals surface area contributed by atoms with Crippen LogP contribution < -0.4 is 0 Å². The number of unbranched alkanes of at least 4 members (excludes halogenated alkanes) is 5. The van der Waals surface area contributed by atoms with Gasteiger partial charge in [0.05, 0.1) is 0 Å². The molecular weight excluding hydrogens is 230 g/mol. The van der Waals surface area contributed by atoms with E-state index in [2.05, 4.69) is 0 Å². The molecule has 7 nitrogen and oxygen atoms in total. The maximum Gasteiger partial charge on any atom is 0.303 e. The van der Waals surface area contributed by atoms with Crippen LogP contribution in [0.3, 0.4) is 0 Å². The molecule has 17 heavy (non-hydrogen) atoms. The maximum absolute atomic E-state index is 10.1. The molecule has 0 amide bonds. The van der Waals surface area contributed by atoms with Crippen molar-refractivity contribution in [1.29, 1.82) is 0 Å². The molecule has 0 rings (SSSR count). The van der Waals surface area contributed by atoms with E-state index >= 15 is 0 Å². The lowest BCUT2D eigenvalue weighted by atomic mass is 10.1. The number of hydrogen-bond acceptors (Lipinski definition) is 4. The summed E-state index contributed by atoms with van der Waals surface area (Å²) in [5.41, 5.74) is 0. The number of aliphatic carboxylic acids is 2. The van der Waals surface area contributed by atoms with E-state index in [1.54, 1.807) is 0 Å². The third-order valence-electron chi connectivity index (χ3n) is 2.03. The topological polar surface area (TPSA) is 124 Å². The largest absolute Gasteiger partial charge is 0.481 e. The fourth-order valence-electron chi connectivity index (χ4n) is 1.26. The van der Waals surface area contributed by atoms with Crippen LogP contribution in [0, 0.1) is 4.91 Å². The Morgan fingerprint density at radius 3 is 1.24 bits per heavy atom. The third-order valence-corrected chi connectivity index (χ3v) is 2.03. The van der Waals surface area contributed by atoms with E-state index in [0.29, 0.717) is 0 Å². The Morgan fingerprint density at radius 2 is 1.00 bits per heavy atom. The van der Waals surface area contributed by atoms with E-state index in [1.807, 2.05) is 0 Å². The quantitative estimate of drug-likeness (QED) is 0.327. The molecule has 0 radical (unpaired) electrons. The third kappa shape index (κ3) is 25.0. The number of hydrogen-bond donors (Lipinski definition) is 3. The van der Waals surface area contributed by atoms with Gasteiger partial charge < -0.3 is 15.4 Å². The Bertz CT molecular complexity index is 199. The van der Waals surface area contributed by atoms with Crippen LogP contribution >= 0.6 is 0 Å². The Kier molecular flexibility index (Phi) is 15.0. The number of rotatable bonds is 9. The van der Waals surface area contributed by atoms with Crippen LogP contribution in [-0.2, 0) is 9.59 Å². The second-order valence-corrected chi connectivity index (χ2v) is 3.49. The van der Waals surface area contributed by atoms with Gasteiger partial charge >= 0.3 is 11.9 Å². The highest BCUT2D eigenvalue weighted by atomic mass is 16.6. The molecule has 0 aliphatic rings. The molecule has 0 atom stereocenters. The van der Waals surface area contributed by atoms with Crippen LogP contribution in [0.15, 0.2) is 5.34 Å². The first-order valence-corrected chi connectivity index (χ1v) is 5.45. The molecule has 0 bridgehead atoms. The molecular formula is C10H19NO6. The average molecular weight is 249 g/mol. The van der Waals surface area contributed by atoms with Crippen molar-refractivity contribution in [2.75, 3.05) is 0 Å². The summed E-state index contributed by atoms with van der Waals surface area (Å²) >= 11 is 0. The summed E-state index contributed by atoms with van der Waals surface area (Å²) in [6.45, 7) is 0. The van der Waals surface area contributed by atoms with Gasteiger partial charge in [-0.25, -0.2) is 0 Å². The number of nitrogens with zero attached hydrogens (tertiary/aromatic N) is 1. The summed E-state index contributed by atoms with van der Waals surface area (Å²) in [7, 11) is 0. The molecule has 0 saturated carbocycles. The van der Waals surface area contributed by atoms with Gasteiger partial charge in [-0.15, -0.1) is 4.91 Å². The van der Waals surface area contributed by atoms with Crippen LogP contribution in [0.1, 0.15) is 51.4 Å². The van der Waals surface area contributed by atoms with Gasteiger partial charge in [-0.2, -0.15) is 0 Å². The minimum absolute atomic E-state index is 0.245. The van der Waals surface area contributed by atoms with Crippen molar-refractivity contribution in [2.45, 2.75) is 51.4 Å². The van der Waals surface area contributed by atoms with E-state index in [4.69, 9.17) is 20.3 Å². The van der Waals surface area contributed by atoms with E-state index in [9.17, 15) is 9.59 Å². The first kappa shape index (κ1) is 17.7. The van der Waals surface area contributed by atoms with Crippen molar-refractivity contribution >= 4 is 11.9 Å². The predicted molar refractivity (Wildman–Crippen MR) is 59.8 cm³/mol. The highest BCUT2D eigenvalue weighted by Crippen LogP contribution is 2.08. The van der Waals surface area contributed by atoms with E-state index in [1.165, 1.54) is 5.34 Å². The summed E-state index contributed by atoms with van der Waals surface area (Å²) in [4.78, 5) is 28.4. The molecule has 7 heteroatoms. The fourth-order valence-corrected chi connectivity index (χ4v) is 1.26. The normalized spacial score (nSPS) is 8.94. The van der Waals surface area contributed by atoms with Crippen molar-refractivity contribution < 1.29 is 25.0 Å². The Labute approximate surface area is 99.4 Å². The van der Waals surface area contributed by atoms with Gasteiger partial charge in [-0.3, -0.25) is 9.59 Å². The molecule has 0 aliphatic carbocycles. The smallest absolute Gasteiger partial charge is 0.303 e. The molecule has 0 aromatic rings. The lowest BCUT2D eigenvalue weighted by molar-refractivity contribution is -0.138. The van der Waals surface area contributed by atoms with Crippen LogP contribution in [0.25, 0.3) is 0 Å². The number of carbonyl (C=O) groups is 2. The van der Waals surface area contributed by atoms with Crippen LogP contribution in [-0.4, -0.2) is 27.4 Å². The molecule has 0 saturated heterocycles. The highest BCUT2D eigenvalue weighted by Gasteiger charge is 1.98. The van der Waals surface area contributed by atoms with Crippen molar-refractivity contribution in [2.24, 2.45) is 5.34 Å². The molecule has 0 fully saturated rings. The summed E-state index contributed by atoms with van der Waals surface area (Å²) in [5, 5.41) is 24.6. The molecule has 100 valence electrons. The van der Waals surface area contributed by atoms with E-state index in [0.717, 1.165) is 38.5 Å². The highest BCUT2D eigenvalue weighted by molar-refractivity contribution is 5.66. The Balaban J connectivity index is 0. The molecule has 0 unspecified atom stereocenters. The van der Waals surface area contributed by atoms with Crippen molar-refractivity contribution in [1.82, 2.24) is 0 Å². The second kappa shape index (κ2) is 14.3. The standard InChI is InChI=1S/C10H18O4.HNO2/c11-9(12)7-5-3-1-2-4-6-8-10(13)14;2-1-3/h1-8H2,(H,11,12)(H,13,14);(H,2,3). The molecule has 3 N–H and O–H groups in total. The average Bonchev–Trinajstić information content (AvgIpc) is 2.22. The van der Waals surface area contributed by atoms with Gasteiger partial charge in [0.2, 0.25) is 0 Å². The van der Waals surface area contributed by atoms with E-state index < -0.39 is 11.9 Å². The fraction of sp³-hybridized carbons (Fsp3) is 0.800. The molecule has 0 heterocycles. The van der Waals surface area contributed by atoms with Crippen molar-refractivity contribution in [3.63, 3.8) is 0 Å². The van der Waals surface area contributed by atoms with Gasteiger partial charge in [-0.1, -0.05) is 25.7 Å². The Morgan fingerprint density at radius 1 is 0.765 bits per heavy atom. The zero-order valence-corrected chi connectivity index (χ0v) is 9.67. The zero-order chi connectivity index (χ0) is 13.5. The molecule has 0 aromatic carbocycles. The van der Waals surface area contributed by atoms with Gasteiger partial charge in [0.25, 0.3) is 0 Å².